The highest BCUT2D eigenvalue weighted by atomic mass is 16.3. The highest BCUT2D eigenvalue weighted by Gasteiger charge is 2.11. The zero-order chi connectivity index (χ0) is 13.4. The average Bonchev–Trinajstić information content (AvgIpc) is 2.80. The summed E-state index contributed by atoms with van der Waals surface area (Å²) in [6, 6.07) is 8.62. The largest absolute Gasteiger partial charge is 0.508 e. The van der Waals surface area contributed by atoms with Gasteiger partial charge in [0.15, 0.2) is 5.65 Å². The number of aromatic amines is 1. The molecule has 2 aromatic heterocycles. The number of aliphatic hydroxyl groups is 1. The Morgan fingerprint density at radius 2 is 1.95 bits per heavy atom. The molecule has 0 bridgehead atoms. The molecule has 0 aliphatic heterocycles. The number of fused-ring (bicyclic) bond motifs is 1. The van der Waals surface area contributed by atoms with E-state index in [1.54, 1.807) is 24.3 Å². The van der Waals surface area contributed by atoms with Crippen LogP contribution in [-0.4, -0.2) is 25.4 Å². The number of H-pyrrole nitrogens is 1. The third kappa shape index (κ3) is 1.94. The zero-order valence-electron chi connectivity index (χ0n) is 10.4. The van der Waals surface area contributed by atoms with Crippen LogP contribution in [0.15, 0.2) is 30.3 Å². The molecule has 3 rings (SSSR count). The van der Waals surface area contributed by atoms with Crippen molar-refractivity contribution in [1.29, 1.82) is 0 Å². The maximum absolute atomic E-state index is 9.48. The van der Waals surface area contributed by atoms with Crippen LogP contribution in [0, 0.1) is 6.92 Å². The van der Waals surface area contributed by atoms with E-state index < -0.39 is 0 Å². The summed E-state index contributed by atoms with van der Waals surface area (Å²) in [5, 5.41) is 26.7. The number of hydrogen-bond donors (Lipinski definition) is 3. The summed E-state index contributed by atoms with van der Waals surface area (Å²) in [5.74, 6) is 0.211. The summed E-state index contributed by atoms with van der Waals surface area (Å²) < 4.78 is 0. The topological polar surface area (TPSA) is 82.0 Å². The summed E-state index contributed by atoms with van der Waals surface area (Å²) >= 11 is 0. The number of aromatic hydroxyl groups is 1. The van der Waals surface area contributed by atoms with Gasteiger partial charge >= 0.3 is 0 Å². The summed E-state index contributed by atoms with van der Waals surface area (Å²) in [7, 11) is 0. The second-order valence-electron chi connectivity index (χ2n) is 4.42. The van der Waals surface area contributed by atoms with Gasteiger partial charge in [-0.3, -0.25) is 5.10 Å². The van der Waals surface area contributed by atoms with Crippen molar-refractivity contribution in [2.24, 2.45) is 0 Å². The molecule has 0 fully saturated rings. The molecule has 0 unspecified atom stereocenters. The zero-order valence-corrected chi connectivity index (χ0v) is 10.4. The van der Waals surface area contributed by atoms with Gasteiger partial charge in [-0.25, -0.2) is 4.98 Å². The van der Waals surface area contributed by atoms with Gasteiger partial charge in [0, 0.05) is 16.6 Å². The Labute approximate surface area is 109 Å². The van der Waals surface area contributed by atoms with Crippen LogP contribution in [0.4, 0.5) is 0 Å². The summed E-state index contributed by atoms with van der Waals surface area (Å²) in [4.78, 5) is 4.47. The Kier molecular flexibility index (Phi) is 2.68. The molecule has 3 aromatic rings. The molecule has 19 heavy (non-hydrogen) atoms. The molecule has 1 aromatic carbocycles. The number of aryl methyl sites for hydroxylation is 1. The van der Waals surface area contributed by atoms with Gasteiger partial charge in [-0.15, -0.1) is 0 Å². The van der Waals surface area contributed by atoms with Crippen LogP contribution >= 0.6 is 0 Å². The van der Waals surface area contributed by atoms with E-state index in [1.165, 1.54) is 0 Å². The normalized spacial score (nSPS) is 11.1. The Balaban J connectivity index is 2.22. The number of aliphatic hydroxyl groups excluding tert-OH is 1. The maximum Gasteiger partial charge on any atom is 0.182 e. The van der Waals surface area contributed by atoms with Gasteiger partial charge in [-0.2, -0.15) is 5.10 Å². The van der Waals surface area contributed by atoms with Crippen molar-refractivity contribution >= 4 is 11.0 Å². The van der Waals surface area contributed by atoms with E-state index in [-0.39, 0.29) is 12.4 Å². The van der Waals surface area contributed by atoms with E-state index in [9.17, 15) is 10.2 Å². The number of phenolic OH excluding ortho intramolecular Hbond substituents is 1. The lowest BCUT2D eigenvalue weighted by Crippen LogP contribution is -1.92. The molecular weight excluding hydrogens is 242 g/mol. The van der Waals surface area contributed by atoms with E-state index in [0.717, 1.165) is 27.9 Å². The fraction of sp³-hybridized carbons (Fsp3) is 0.143. The number of aromatic nitrogens is 3. The SMILES string of the molecule is Cc1[nH]nc2nc(-c3ccc(O)cc3)cc(CO)c12. The predicted molar refractivity (Wildman–Crippen MR) is 71.6 cm³/mol. The lowest BCUT2D eigenvalue weighted by molar-refractivity contribution is 0.283. The maximum atomic E-state index is 9.48. The second-order valence-corrected chi connectivity index (χ2v) is 4.42. The molecular formula is C14H13N3O2. The van der Waals surface area contributed by atoms with Gasteiger partial charge in [0.25, 0.3) is 0 Å². The van der Waals surface area contributed by atoms with E-state index in [1.807, 2.05) is 13.0 Å². The number of rotatable bonds is 2. The highest BCUT2D eigenvalue weighted by Crippen LogP contribution is 2.26. The van der Waals surface area contributed by atoms with E-state index in [0.29, 0.717) is 5.65 Å². The smallest absolute Gasteiger partial charge is 0.182 e. The van der Waals surface area contributed by atoms with Gasteiger partial charge < -0.3 is 10.2 Å². The summed E-state index contributed by atoms with van der Waals surface area (Å²) in [6.07, 6.45) is 0. The molecule has 0 amide bonds. The first-order valence-corrected chi connectivity index (χ1v) is 5.94. The number of hydrogen-bond acceptors (Lipinski definition) is 4. The molecule has 2 heterocycles. The lowest BCUT2D eigenvalue weighted by atomic mass is 10.1. The minimum absolute atomic E-state index is 0.0650. The third-order valence-corrected chi connectivity index (χ3v) is 3.12. The molecule has 0 saturated heterocycles. The molecule has 0 aliphatic rings. The number of nitrogens with one attached hydrogen (secondary N) is 1. The fourth-order valence-electron chi connectivity index (χ4n) is 2.17. The van der Waals surface area contributed by atoms with Gasteiger partial charge in [-0.05, 0) is 42.8 Å². The van der Waals surface area contributed by atoms with Crippen LogP contribution in [0.1, 0.15) is 11.3 Å². The molecule has 3 N–H and O–H groups in total. The van der Waals surface area contributed by atoms with Crippen molar-refractivity contribution in [1.82, 2.24) is 15.2 Å². The number of nitrogens with zero attached hydrogens (tertiary/aromatic N) is 2. The standard InChI is InChI=1S/C14H13N3O2/c1-8-13-10(7-18)6-12(15-14(13)17-16-8)9-2-4-11(19)5-3-9/h2-6,18-19H,7H2,1H3,(H,15,16,17). The van der Waals surface area contributed by atoms with Crippen molar-refractivity contribution in [3.8, 4) is 17.0 Å². The average molecular weight is 255 g/mol. The molecule has 0 spiro atoms. The Bertz CT molecular complexity index is 732. The molecule has 0 saturated carbocycles. The number of phenols is 1. The monoisotopic (exact) mass is 255 g/mol. The first-order chi connectivity index (χ1) is 9.19. The number of benzene rings is 1. The van der Waals surface area contributed by atoms with Crippen LogP contribution in [-0.2, 0) is 6.61 Å². The molecule has 5 nitrogen and oxygen atoms in total. The van der Waals surface area contributed by atoms with Crippen LogP contribution in [0.5, 0.6) is 5.75 Å². The third-order valence-electron chi connectivity index (χ3n) is 3.12. The van der Waals surface area contributed by atoms with Crippen LogP contribution in [0.25, 0.3) is 22.3 Å². The van der Waals surface area contributed by atoms with E-state index >= 15 is 0 Å². The number of pyridine rings is 1. The Morgan fingerprint density at radius 3 is 2.63 bits per heavy atom. The molecule has 96 valence electrons. The molecule has 0 atom stereocenters. The van der Waals surface area contributed by atoms with E-state index in [2.05, 4.69) is 15.2 Å². The Morgan fingerprint density at radius 1 is 1.21 bits per heavy atom. The molecule has 0 radical (unpaired) electrons. The molecule has 5 heteroatoms. The van der Waals surface area contributed by atoms with Crippen molar-refractivity contribution in [3.05, 3.63) is 41.6 Å². The first-order valence-electron chi connectivity index (χ1n) is 5.94. The minimum atomic E-state index is -0.0650. The first kappa shape index (κ1) is 11.7. The van der Waals surface area contributed by atoms with Crippen LogP contribution < -0.4 is 0 Å². The van der Waals surface area contributed by atoms with Crippen LogP contribution in [0.3, 0.4) is 0 Å². The summed E-state index contributed by atoms with van der Waals surface area (Å²) in [5.41, 5.74) is 3.87. The van der Waals surface area contributed by atoms with Crippen molar-refractivity contribution in [2.45, 2.75) is 13.5 Å². The molecule has 0 aliphatic carbocycles. The Hall–Kier alpha value is -2.40. The van der Waals surface area contributed by atoms with Crippen LogP contribution in [0.2, 0.25) is 0 Å². The summed E-state index contributed by atoms with van der Waals surface area (Å²) in [6.45, 7) is 1.83. The van der Waals surface area contributed by atoms with Crippen molar-refractivity contribution < 1.29 is 10.2 Å². The van der Waals surface area contributed by atoms with Crippen molar-refractivity contribution in [2.75, 3.05) is 0 Å². The fourth-order valence-corrected chi connectivity index (χ4v) is 2.17. The predicted octanol–water partition coefficient (Wildman–Crippen LogP) is 2.13. The quantitative estimate of drug-likeness (QED) is 0.655. The van der Waals surface area contributed by atoms with Gasteiger partial charge in [0.2, 0.25) is 0 Å². The van der Waals surface area contributed by atoms with Gasteiger partial charge in [-0.1, -0.05) is 0 Å². The highest BCUT2D eigenvalue weighted by molar-refractivity contribution is 5.84. The van der Waals surface area contributed by atoms with Crippen molar-refractivity contribution in [3.63, 3.8) is 0 Å². The van der Waals surface area contributed by atoms with Gasteiger partial charge in [0.1, 0.15) is 5.75 Å². The second kappa shape index (κ2) is 4.37. The van der Waals surface area contributed by atoms with E-state index in [4.69, 9.17) is 0 Å². The lowest BCUT2D eigenvalue weighted by Gasteiger charge is -2.05. The minimum Gasteiger partial charge on any atom is -0.508 e. The van der Waals surface area contributed by atoms with Gasteiger partial charge in [0.05, 0.1) is 12.3 Å².